The lowest BCUT2D eigenvalue weighted by Crippen LogP contribution is -2.25. The molecule has 1 amide bonds. The molecule has 1 fully saturated rings. The third kappa shape index (κ3) is 4.82. The van der Waals surface area contributed by atoms with Crippen molar-refractivity contribution in [3.8, 4) is 5.75 Å². The fraction of sp³-hybridized carbons (Fsp3) is 0.562. The molecule has 1 unspecified atom stereocenters. The molecule has 0 bridgehead atoms. The van der Waals surface area contributed by atoms with Gasteiger partial charge in [0.2, 0.25) is 5.91 Å². The summed E-state index contributed by atoms with van der Waals surface area (Å²) < 4.78 is 5.10. The minimum Gasteiger partial charge on any atom is -0.495 e. The molecule has 1 aliphatic rings. The molecule has 0 saturated heterocycles. The highest BCUT2D eigenvalue weighted by atomic mass is 35.5. The number of carbonyl (C=O) groups excluding carboxylic acids is 1. The van der Waals surface area contributed by atoms with Gasteiger partial charge in [0, 0.05) is 10.9 Å². The first kappa shape index (κ1) is 16.5. The summed E-state index contributed by atoms with van der Waals surface area (Å²) in [5.41, 5.74) is 0.710. The van der Waals surface area contributed by atoms with Gasteiger partial charge >= 0.3 is 0 Å². The third-order valence-electron chi connectivity index (χ3n) is 3.74. The molecule has 1 N–H and O–H groups in total. The van der Waals surface area contributed by atoms with E-state index in [0.717, 1.165) is 0 Å². The lowest BCUT2D eigenvalue weighted by molar-refractivity contribution is -0.115. The SMILES string of the molecule is COc1ccc(NC(=O)C(C)SC2CCCCC2)cc1Cl. The van der Waals surface area contributed by atoms with Gasteiger partial charge in [0.15, 0.2) is 0 Å². The van der Waals surface area contributed by atoms with E-state index >= 15 is 0 Å². The lowest BCUT2D eigenvalue weighted by atomic mass is 10.0. The molecule has 1 aliphatic carbocycles. The molecule has 0 heterocycles. The molecule has 0 aliphatic heterocycles. The molecular weight excluding hydrogens is 306 g/mol. The Hall–Kier alpha value is -0.870. The molecular formula is C16H22ClNO2S. The molecule has 0 radical (unpaired) electrons. The van der Waals surface area contributed by atoms with Crippen molar-refractivity contribution in [2.45, 2.75) is 49.5 Å². The van der Waals surface area contributed by atoms with E-state index in [2.05, 4.69) is 5.32 Å². The first-order chi connectivity index (χ1) is 10.1. The largest absolute Gasteiger partial charge is 0.495 e. The van der Waals surface area contributed by atoms with Crippen molar-refractivity contribution >= 4 is 35.0 Å². The number of carbonyl (C=O) groups is 1. The van der Waals surface area contributed by atoms with Crippen molar-refractivity contribution in [2.75, 3.05) is 12.4 Å². The van der Waals surface area contributed by atoms with Crippen molar-refractivity contribution in [3.05, 3.63) is 23.2 Å². The number of hydrogen-bond donors (Lipinski definition) is 1. The van der Waals surface area contributed by atoms with Crippen LogP contribution < -0.4 is 10.1 Å². The van der Waals surface area contributed by atoms with Crippen molar-refractivity contribution in [3.63, 3.8) is 0 Å². The van der Waals surface area contributed by atoms with Crippen molar-refractivity contribution in [1.82, 2.24) is 0 Å². The van der Waals surface area contributed by atoms with Gasteiger partial charge < -0.3 is 10.1 Å². The minimum atomic E-state index is -0.0472. The maximum atomic E-state index is 12.2. The van der Waals surface area contributed by atoms with Crippen LogP contribution in [-0.4, -0.2) is 23.5 Å². The number of rotatable bonds is 5. The standard InChI is InChI=1S/C16H22ClNO2S/c1-11(21-13-6-4-3-5-7-13)16(19)18-12-8-9-15(20-2)14(17)10-12/h8-11,13H,3-7H2,1-2H3,(H,18,19). The fourth-order valence-corrected chi connectivity index (χ4v) is 4.16. The van der Waals surface area contributed by atoms with Crippen molar-refractivity contribution in [1.29, 1.82) is 0 Å². The molecule has 1 atom stereocenters. The van der Waals surface area contributed by atoms with E-state index in [1.54, 1.807) is 37.1 Å². The smallest absolute Gasteiger partial charge is 0.237 e. The van der Waals surface area contributed by atoms with Gasteiger partial charge in [-0.15, -0.1) is 11.8 Å². The van der Waals surface area contributed by atoms with Crippen LogP contribution in [0.3, 0.4) is 0 Å². The summed E-state index contributed by atoms with van der Waals surface area (Å²) in [5.74, 6) is 0.645. The third-order valence-corrected chi connectivity index (χ3v) is 5.51. The van der Waals surface area contributed by atoms with Crippen LogP contribution in [0.25, 0.3) is 0 Å². The van der Waals surface area contributed by atoms with Crippen LogP contribution in [0.1, 0.15) is 39.0 Å². The maximum absolute atomic E-state index is 12.2. The summed E-state index contributed by atoms with van der Waals surface area (Å²) in [6.07, 6.45) is 6.38. The summed E-state index contributed by atoms with van der Waals surface area (Å²) >= 11 is 7.86. The number of nitrogens with one attached hydrogen (secondary N) is 1. The van der Waals surface area contributed by atoms with Crippen LogP contribution in [0.2, 0.25) is 5.02 Å². The Morgan fingerprint density at radius 3 is 2.71 bits per heavy atom. The topological polar surface area (TPSA) is 38.3 Å². The number of anilines is 1. The predicted molar refractivity (Wildman–Crippen MR) is 90.6 cm³/mol. The minimum absolute atomic E-state index is 0.0341. The Labute approximate surface area is 135 Å². The highest BCUT2D eigenvalue weighted by Crippen LogP contribution is 2.32. The van der Waals surface area contributed by atoms with E-state index in [0.29, 0.717) is 21.7 Å². The summed E-state index contributed by atoms with van der Waals surface area (Å²) in [4.78, 5) is 12.2. The number of ether oxygens (including phenoxy) is 1. The Bertz CT molecular complexity index is 489. The van der Waals surface area contributed by atoms with Gasteiger partial charge in [0.05, 0.1) is 17.4 Å². The molecule has 0 aromatic heterocycles. The van der Waals surface area contributed by atoms with E-state index < -0.39 is 0 Å². The highest BCUT2D eigenvalue weighted by molar-refractivity contribution is 8.01. The maximum Gasteiger partial charge on any atom is 0.237 e. The van der Waals surface area contributed by atoms with Crippen molar-refractivity contribution in [2.24, 2.45) is 0 Å². The normalized spacial score (nSPS) is 17.3. The first-order valence-electron chi connectivity index (χ1n) is 7.40. The summed E-state index contributed by atoms with van der Waals surface area (Å²) in [7, 11) is 1.57. The molecule has 2 rings (SSSR count). The number of hydrogen-bond acceptors (Lipinski definition) is 3. The molecule has 0 spiro atoms. The van der Waals surface area contributed by atoms with Gasteiger partial charge in [-0.05, 0) is 38.0 Å². The van der Waals surface area contributed by atoms with E-state index in [1.807, 2.05) is 6.92 Å². The zero-order valence-corrected chi connectivity index (χ0v) is 14.1. The highest BCUT2D eigenvalue weighted by Gasteiger charge is 2.21. The number of amides is 1. The van der Waals surface area contributed by atoms with E-state index in [-0.39, 0.29) is 11.2 Å². The molecule has 1 aromatic rings. The van der Waals surface area contributed by atoms with Gasteiger partial charge in [-0.1, -0.05) is 30.9 Å². The Balaban J connectivity index is 1.89. The van der Waals surface area contributed by atoms with E-state index in [4.69, 9.17) is 16.3 Å². The monoisotopic (exact) mass is 327 g/mol. The Morgan fingerprint density at radius 1 is 1.38 bits per heavy atom. The first-order valence-corrected chi connectivity index (χ1v) is 8.72. The fourth-order valence-electron chi connectivity index (χ4n) is 2.54. The quantitative estimate of drug-likeness (QED) is 0.848. The second kappa shape index (κ2) is 7.95. The zero-order valence-electron chi connectivity index (χ0n) is 12.5. The average Bonchev–Trinajstić information content (AvgIpc) is 2.48. The number of thioether (sulfide) groups is 1. The van der Waals surface area contributed by atoms with Crippen LogP contribution in [0.15, 0.2) is 18.2 Å². The number of methoxy groups -OCH3 is 1. The molecule has 1 saturated carbocycles. The van der Waals surface area contributed by atoms with Gasteiger partial charge in [0.25, 0.3) is 0 Å². The van der Waals surface area contributed by atoms with Gasteiger partial charge in [-0.3, -0.25) is 4.79 Å². The van der Waals surface area contributed by atoms with Gasteiger partial charge in [-0.2, -0.15) is 0 Å². The molecule has 1 aromatic carbocycles. The molecule has 5 heteroatoms. The van der Waals surface area contributed by atoms with Crippen LogP contribution >= 0.6 is 23.4 Å². The van der Waals surface area contributed by atoms with Gasteiger partial charge in [0.1, 0.15) is 5.75 Å². The second-order valence-corrected chi connectivity index (χ2v) is 7.43. The zero-order chi connectivity index (χ0) is 15.2. The molecule has 3 nitrogen and oxygen atoms in total. The van der Waals surface area contributed by atoms with Crippen LogP contribution in [-0.2, 0) is 4.79 Å². The van der Waals surface area contributed by atoms with Crippen LogP contribution in [0, 0.1) is 0 Å². The average molecular weight is 328 g/mol. The van der Waals surface area contributed by atoms with Crippen molar-refractivity contribution < 1.29 is 9.53 Å². The molecule has 21 heavy (non-hydrogen) atoms. The summed E-state index contributed by atoms with van der Waals surface area (Å²) in [5, 5.41) is 4.00. The Kier molecular flexibility index (Phi) is 6.24. The summed E-state index contributed by atoms with van der Waals surface area (Å²) in [6, 6.07) is 5.29. The van der Waals surface area contributed by atoms with Crippen LogP contribution in [0.5, 0.6) is 5.75 Å². The van der Waals surface area contributed by atoms with Gasteiger partial charge in [-0.25, -0.2) is 0 Å². The van der Waals surface area contributed by atoms with Crippen LogP contribution in [0.4, 0.5) is 5.69 Å². The molecule has 116 valence electrons. The Morgan fingerprint density at radius 2 is 2.10 bits per heavy atom. The van der Waals surface area contributed by atoms with E-state index in [1.165, 1.54) is 32.1 Å². The summed E-state index contributed by atoms with van der Waals surface area (Å²) in [6.45, 7) is 1.97. The predicted octanol–water partition coefficient (Wildman–Crippen LogP) is 4.74. The lowest BCUT2D eigenvalue weighted by Gasteiger charge is -2.23. The number of halogens is 1. The van der Waals surface area contributed by atoms with E-state index in [9.17, 15) is 4.79 Å². The number of benzene rings is 1. The second-order valence-electron chi connectivity index (χ2n) is 5.38.